The van der Waals surface area contributed by atoms with E-state index >= 15 is 0 Å². The standard InChI is InChI=1S/C25H20BrF3N4O2/c1-15-14-31-24(32-15)22-13-19(9-10-30-22)35-18-4-2-3-16(11-18)5-8-23(34)33-17-6-7-21(26)20(12-17)25(27,28)29/h2-13,15H,14H2,1H3,(H,31,32)(H,33,34)/b8-5+. The number of halogens is 4. The van der Waals surface area contributed by atoms with E-state index in [9.17, 15) is 18.0 Å². The number of nitrogens with zero attached hydrogens (tertiary/aromatic N) is 2. The van der Waals surface area contributed by atoms with Crippen LogP contribution in [0.15, 0.2) is 76.3 Å². The van der Waals surface area contributed by atoms with Crippen molar-refractivity contribution in [3.05, 3.63) is 88.2 Å². The van der Waals surface area contributed by atoms with Gasteiger partial charge in [0.25, 0.3) is 0 Å². The number of ether oxygens (including phenoxy) is 1. The number of aromatic nitrogens is 1. The van der Waals surface area contributed by atoms with E-state index < -0.39 is 17.6 Å². The molecule has 2 aromatic carbocycles. The number of amidine groups is 1. The third-order valence-corrected chi connectivity index (χ3v) is 5.63. The topological polar surface area (TPSA) is 75.6 Å². The highest BCUT2D eigenvalue weighted by Gasteiger charge is 2.33. The first-order chi connectivity index (χ1) is 16.7. The first kappa shape index (κ1) is 24.5. The van der Waals surface area contributed by atoms with Crippen LogP contribution >= 0.6 is 15.9 Å². The summed E-state index contributed by atoms with van der Waals surface area (Å²) in [7, 11) is 0. The number of hydrogen-bond acceptors (Lipinski definition) is 5. The van der Waals surface area contributed by atoms with Gasteiger partial charge in [0.15, 0.2) is 0 Å². The van der Waals surface area contributed by atoms with Gasteiger partial charge in [-0.05, 0) is 55.0 Å². The van der Waals surface area contributed by atoms with Crippen molar-refractivity contribution in [3.63, 3.8) is 0 Å². The number of hydrogen-bond donors (Lipinski definition) is 2. The molecule has 0 radical (unpaired) electrons. The first-order valence-corrected chi connectivity index (χ1v) is 11.4. The first-order valence-electron chi connectivity index (χ1n) is 10.6. The zero-order valence-corrected chi connectivity index (χ0v) is 20.0. The molecule has 1 aliphatic heterocycles. The SMILES string of the molecule is CC1CN=C(c2cc(Oc3cccc(/C=C/C(=O)Nc4ccc(Br)c(C(F)(F)F)c4)c3)ccn2)N1. The molecule has 2 N–H and O–H groups in total. The smallest absolute Gasteiger partial charge is 0.417 e. The fourth-order valence-corrected chi connectivity index (χ4v) is 3.78. The Kier molecular flexibility index (Phi) is 7.20. The fourth-order valence-electron chi connectivity index (χ4n) is 3.31. The summed E-state index contributed by atoms with van der Waals surface area (Å²) >= 11 is 2.88. The van der Waals surface area contributed by atoms with Crippen LogP contribution in [0.3, 0.4) is 0 Å². The van der Waals surface area contributed by atoms with Gasteiger partial charge in [0.05, 0.1) is 12.1 Å². The highest BCUT2D eigenvalue weighted by atomic mass is 79.9. The Labute approximate surface area is 208 Å². The maximum absolute atomic E-state index is 13.1. The molecule has 1 unspecified atom stereocenters. The van der Waals surface area contributed by atoms with Crippen molar-refractivity contribution in [2.24, 2.45) is 4.99 Å². The number of anilines is 1. The zero-order chi connectivity index (χ0) is 25.0. The van der Waals surface area contributed by atoms with E-state index in [0.717, 1.165) is 11.9 Å². The van der Waals surface area contributed by atoms with Crippen LogP contribution in [0.25, 0.3) is 6.08 Å². The molecular formula is C25H20BrF3N4O2. The predicted octanol–water partition coefficient (Wildman–Crippen LogP) is 6.05. The minimum atomic E-state index is -4.54. The van der Waals surface area contributed by atoms with E-state index in [0.29, 0.717) is 29.3 Å². The molecule has 1 aliphatic rings. The average Bonchev–Trinajstić information content (AvgIpc) is 3.25. The Bertz CT molecular complexity index is 1310. The molecule has 2 heterocycles. The van der Waals surface area contributed by atoms with Gasteiger partial charge in [-0.3, -0.25) is 14.8 Å². The van der Waals surface area contributed by atoms with E-state index in [2.05, 4.69) is 36.5 Å². The number of nitrogens with one attached hydrogen (secondary N) is 2. The summed E-state index contributed by atoms with van der Waals surface area (Å²) in [6.45, 7) is 2.73. The summed E-state index contributed by atoms with van der Waals surface area (Å²) in [5.74, 6) is 1.28. The van der Waals surface area contributed by atoms with Crippen LogP contribution in [0.4, 0.5) is 18.9 Å². The molecule has 1 amide bonds. The summed E-state index contributed by atoms with van der Waals surface area (Å²) in [6.07, 6.45) is -0.116. The molecule has 0 aliphatic carbocycles. The van der Waals surface area contributed by atoms with Gasteiger partial charge in [-0.15, -0.1) is 0 Å². The second kappa shape index (κ2) is 10.3. The van der Waals surface area contributed by atoms with Crippen LogP contribution in [0.2, 0.25) is 0 Å². The molecule has 1 atom stereocenters. The Morgan fingerprint density at radius 2 is 1.97 bits per heavy atom. The van der Waals surface area contributed by atoms with Crippen molar-refractivity contribution in [1.29, 1.82) is 0 Å². The molecule has 0 fully saturated rings. The summed E-state index contributed by atoms with van der Waals surface area (Å²) < 4.78 is 45.0. The largest absolute Gasteiger partial charge is 0.457 e. The van der Waals surface area contributed by atoms with Crippen molar-refractivity contribution >= 4 is 39.4 Å². The van der Waals surface area contributed by atoms with Crippen molar-refractivity contribution in [1.82, 2.24) is 10.3 Å². The maximum Gasteiger partial charge on any atom is 0.417 e. The molecule has 0 saturated carbocycles. The molecule has 6 nitrogen and oxygen atoms in total. The van der Waals surface area contributed by atoms with E-state index in [1.807, 2.05) is 6.92 Å². The molecule has 0 spiro atoms. The molecule has 35 heavy (non-hydrogen) atoms. The maximum atomic E-state index is 13.1. The Morgan fingerprint density at radius 1 is 1.17 bits per heavy atom. The second-order valence-electron chi connectivity index (χ2n) is 7.80. The van der Waals surface area contributed by atoms with Crippen LogP contribution < -0.4 is 15.4 Å². The minimum absolute atomic E-state index is 0.0384. The van der Waals surface area contributed by atoms with E-state index in [1.54, 1.807) is 48.7 Å². The van der Waals surface area contributed by atoms with E-state index in [1.165, 1.54) is 18.2 Å². The van der Waals surface area contributed by atoms with Crippen molar-refractivity contribution in [2.75, 3.05) is 11.9 Å². The lowest BCUT2D eigenvalue weighted by Crippen LogP contribution is -2.28. The van der Waals surface area contributed by atoms with Gasteiger partial charge in [-0.2, -0.15) is 13.2 Å². The predicted molar refractivity (Wildman–Crippen MR) is 132 cm³/mol. The van der Waals surface area contributed by atoms with Crippen LogP contribution in [0.5, 0.6) is 11.5 Å². The van der Waals surface area contributed by atoms with Gasteiger partial charge in [-0.1, -0.05) is 28.1 Å². The Hall–Kier alpha value is -3.66. The normalized spacial score (nSPS) is 15.6. The van der Waals surface area contributed by atoms with Crippen LogP contribution in [-0.4, -0.2) is 29.3 Å². The van der Waals surface area contributed by atoms with Crippen LogP contribution in [0.1, 0.15) is 23.7 Å². The fraction of sp³-hybridized carbons (Fsp3) is 0.160. The summed E-state index contributed by atoms with van der Waals surface area (Å²) in [5.41, 5.74) is 0.528. The molecule has 180 valence electrons. The lowest BCUT2D eigenvalue weighted by Gasteiger charge is -2.11. The van der Waals surface area contributed by atoms with Crippen LogP contribution in [-0.2, 0) is 11.0 Å². The van der Waals surface area contributed by atoms with Crippen molar-refractivity contribution < 1.29 is 22.7 Å². The minimum Gasteiger partial charge on any atom is -0.457 e. The molecular weight excluding hydrogens is 525 g/mol. The van der Waals surface area contributed by atoms with Crippen molar-refractivity contribution in [2.45, 2.75) is 19.1 Å². The van der Waals surface area contributed by atoms with E-state index in [4.69, 9.17) is 4.74 Å². The number of benzene rings is 2. The number of aliphatic imine (C=N–C) groups is 1. The zero-order valence-electron chi connectivity index (χ0n) is 18.4. The molecule has 4 rings (SSSR count). The monoisotopic (exact) mass is 544 g/mol. The summed E-state index contributed by atoms with van der Waals surface area (Å²) in [6, 6.07) is 14.3. The molecule has 0 bridgehead atoms. The number of amides is 1. The van der Waals surface area contributed by atoms with Crippen molar-refractivity contribution in [3.8, 4) is 11.5 Å². The van der Waals surface area contributed by atoms with Gasteiger partial charge in [-0.25, -0.2) is 0 Å². The van der Waals surface area contributed by atoms with Gasteiger partial charge in [0.1, 0.15) is 23.0 Å². The molecule has 10 heteroatoms. The van der Waals surface area contributed by atoms with Gasteiger partial charge >= 0.3 is 6.18 Å². The second-order valence-corrected chi connectivity index (χ2v) is 8.66. The third kappa shape index (κ3) is 6.48. The lowest BCUT2D eigenvalue weighted by molar-refractivity contribution is -0.138. The number of carbonyl (C=O) groups is 1. The highest BCUT2D eigenvalue weighted by molar-refractivity contribution is 9.10. The number of pyridine rings is 1. The van der Waals surface area contributed by atoms with E-state index in [-0.39, 0.29) is 16.2 Å². The number of alkyl halides is 3. The quantitative estimate of drug-likeness (QED) is 0.370. The van der Waals surface area contributed by atoms with Gasteiger partial charge in [0, 0.05) is 34.5 Å². The highest BCUT2D eigenvalue weighted by Crippen LogP contribution is 2.36. The van der Waals surface area contributed by atoms with Gasteiger partial charge in [0.2, 0.25) is 5.91 Å². The molecule has 3 aromatic rings. The van der Waals surface area contributed by atoms with Gasteiger partial charge < -0.3 is 15.4 Å². The Balaban J connectivity index is 1.42. The van der Waals surface area contributed by atoms with Crippen LogP contribution in [0, 0.1) is 0 Å². The number of carbonyl (C=O) groups excluding carboxylic acids is 1. The summed E-state index contributed by atoms with van der Waals surface area (Å²) in [5, 5.41) is 5.70. The molecule has 1 aromatic heterocycles. The third-order valence-electron chi connectivity index (χ3n) is 4.94. The number of rotatable bonds is 6. The summed E-state index contributed by atoms with van der Waals surface area (Å²) in [4.78, 5) is 21.0. The Morgan fingerprint density at radius 3 is 2.71 bits per heavy atom. The lowest BCUT2D eigenvalue weighted by atomic mass is 10.2. The average molecular weight is 545 g/mol. The molecule has 0 saturated heterocycles.